The average molecular weight is 278 g/mol. The van der Waals surface area contributed by atoms with Gasteiger partial charge in [0.1, 0.15) is 10.8 Å². The molecule has 1 unspecified atom stereocenters. The molecule has 1 aromatic carbocycles. The maximum absolute atomic E-state index is 13.3. The fraction of sp³-hybridized carbons (Fsp3) is 0.400. The lowest BCUT2D eigenvalue weighted by atomic mass is 9.93. The van der Waals surface area contributed by atoms with Gasteiger partial charge < -0.3 is 5.32 Å². The van der Waals surface area contributed by atoms with Gasteiger partial charge in [-0.25, -0.2) is 9.37 Å². The lowest BCUT2D eigenvalue weighted by molar-refractivity contribution is 0.394. The van der Waals surface area contributed by atoms with Crippen molar-refractivity contribution in [1.82, 2.24) is 10.3 Å². The second-order valence-electron chi connectivity index (χ2n) is 5.05. The Bertz CT molecular complexity index is 560. The van der Waals surface area contributed by atoms with Crippen LogP contribution in [0.1, 0.15) is 28.1 Å². The summed E-state index contributed by atoms with van der Waals surface area (Å²) in [6.45, 7) is 6.21. The van der Waals surface area contributed by atoms with Crippen molar-refractivity contribution in [2.75, 3.05) is 7.05 Å². The highest BCUT2D eigenvalue weighted by Gasteiger charge is 2.29. The highest BCUT2D eigenvalue weighted by atomic mass is 32.1. The molecule has 2 rings (SSSR count). The van der Waals surface area contributed by atoms with Crippen molar-refractivity contribution in [2.45, 2.75) is 32.7 Å². The van der Waals surface area contributed by atoms with E-state index in [1.54, 1.807) is 23.5 Å². The van der Waals surface area contributed by atoms with E-state index in [4.69, 9.17) is 0 Å². The highest BCUT2D eigenvalue weighted by Crippen LogP contribution is 2.30. The van der Waals surface area contributed by atoms with E-state index < -0.39 is 0 Å². The molecule has 4 heteroatoms. The molecular weight excluding hydrogens is 259 g/mol. The number of aryl methyl sites for hydroxylation is 2. The first-order valence-corrected chi connectivity index (χ1v) is 7.14. The number of rotatable bonds is 4. The van der Waals surface area contributed by atoms with Crippen molar-refractivity contribution in [2.24, 2.45) is 0 Å². The van der Waals surface area contributed by atoms with Crippen molar-refractivity contribution >= 4 is 11.3 Å². The van der Waals surface area contributed by atoms with Crippen molar-refractivity contribution < 1.29 is 4.39 Å². The number of nitrogens with one attached hydrogen (secondary N) is 1. The van der Waals surface area contributed by atoms with Gasteiger partial charge in [0.25, 0.3) is 0 Å². The van der Waals surface area contributed by atoms with Gasteiger partial charge in [0.05, 0.1) is 11.2 Å². The van der Waals surface area contributed by atoms with Crippen LogP contribution >= 0.6 is 11.3 Å². The van der Waals surface area contributed by atoms with E-state index in [2.05, 4.69) is 24.1 Å². The third-order valence-corrected chi connectivity index (χ3v) is 4.84. The molecule has 0 aliphatic rings. The van der Waals surface area contributed by atoms with Crippen LogP contribution in [0.4, 0.5) is 4.39 Å². The van der Waals surface area contributed by atoms with Crippen LogP contribution in [-0.4, -0.2) is 12.0 Å². The second-order valence-corrected chi connectivity index (χ2v) is 6.25. The maximum Gasteiger partial charge on any atom is 0.123 e. The predicted octanol–water partition coefficient (Wildman–Crippen LogP) is 3.58. The van der Waals surface area contributed by atoms with Crippen LogP contribution in [0.2, 0.25) is 0 Å². The van der Waals surface area contributed by atoms with E-state index >= 15 is 0 Å². The normalized spacial score (nSPS) is 14.4. The molecule has 0 bridgehead atoms. The van der Waals surface area contributed by atoms with Gasteiger partial charge >= 0.3 is 0 Å². The van der Waals surface area contributed by atoms with E-state index in [1.807, 2.05) is 20.0 Å². The summed E-state index contributed by atoms with van der Waals surface area (Å²) in [5, 5.41) is 4.38. The van der Waals surface area contributed by atoms with Gasteiger partial charge in [0, 0.05) is 4.88 Å². The monoisotopic (exact) mass is 278 g/mol. The quantitative estimate of drug-likeness (QED) is 0.924. The van der Waals surface area contributed by atoms with Gasteiger partial charge in [0.15, 0.2) is 0 Å². The van der Waals surface area contributed by atoms with Crippen LogP contribution in [0.5, 0.6) is 0 Å². The standard InChI is InChI=1S/C15H19FN2S/c1-10-11(2)19-14(18-10)15(3,17-4)9-12-6-5-7-13(16)8-12/h5-8,17H,9H2,1-4H3. The van der Waals surface area contributed by atoms with Crippen LogP contribution in [0.15, 0.2) is 24.3 Å². The average Bonchev–Trinajstić information content (AvgIpc) is 2.70. The van der Waals surface area contributed by atoms with E-state index in [1.165, 1.54) is 10.9 Å². The number of nitrogens with zero attached hydrogens (tertiary/aromatic N) is 1. The number of hydrogen-bond acceptors (Lipinski definition) is 3. The summed E-state index contributed by atoms with van der Waals surface area (Å²) in [4.78, 5) is 5.87. The van der Waals surface area contributed by atoms with Gasteiger partial charge in [-0.05, 0) is 51.9 Å². The van der Waals surface area contributed by atoms with Gasteiger partial charge in [0.2, 0.25) is 0 Å². The lowest BCUT2D eigenvalue weighted by Gasteiger charge is -2.27. The minimum atomic E-state index is -0.266. The second kappa shape index (κ2) is 5.39. The Morgan fingerprint density at radius 3 is 2.63 bits per heavy atom. The molecular formula is C15H19FN2S. The van der Waals surface area contributed by atoms with Crippen molar-refractivity contribution in [3.8, 4) is 0 Å². The minimum Gasteiger partial charge on any atom is -0.308 e. The van der Waals surface area contributed by atoms with Crippen LogP contribution < -0.4 is 5.32 Å². The summed E-state index contributed by atoms with van der Waals surface area (Å²) in [7, 11) is 1.92. The zero-order valence-electron chi connectivity index (χ0n) is 11.7. The summed E-state index contributed by atoms with van der Waals surface area (Å²) in [6.07, 6.45) is 0.716. The largest absolute Gasteiger partial charge is 0.308 e. The topological polar surface area (TPSA) is 24.9 Å². The Hall–Kier alpha value is -1.26. The molecule has 0 saturated heterocycles. The number of halogens is 1. The fourth-order valence-electron chi connectivity index (χ4n) is 2.03. The lowest BCUT2D eigenvalue weighted by Crippen LogP contribution is -2.39. The first-order valence-electron chi connectivity index (χ1n) is 6.32. The van der Waals surface area contributed by atoms with E-state index in [9.17, 15) is 4.39 Å². The Labute approximate surface area is 117 Å². The van der Waals surface area contributed by atoms with Crippen molar-refractivity contribution in [1.29, 1.82) is 0 Å². The molecule has 0 spiro atoms. The van der Waals surface area contributed by atoms with Gasteiger partial charge in [-0.1, -0.05) is 12.1 Å². The SMILES string of the molecule is CNC(C)(Cc1cccc(F)c1)c1nc(C)c(C)s1. The number of benzene rings is 1. The molecule has 102 valence electrons. The third kappa shape index (κ3) is 3.01. The molecule has 1 atom stereocenters. The number of thiazole rings is 1. The van der Waals surface area contributed by atoms with Gasteiger partial charge in [-0.3, -0.25) is 0 Å². The molecule has 0 aliphatic heterocycles. The Morgan fingerprint density at radius 1 is 1.37 bits per heavy atom. The minimum absolute atomic E-state index is 0.192. The molecule has 1 heterocycles. The molecule has 19 heavy (non-hydrogen) atoms. The molecule has 2 nitrogen and oxygen atoms in total. The summed E-state index contributed by atoms with van der Waals surface area (Å²) in [5.74, 6) is -0.192. The molecule has 1 N–H and O–H groups in total. The fourth-order valence-corrected chi connectivity index (χ4v) is 3.10. The van der Waals surface area contributed by atoms with E-state index in [0.717, 1.165) is 16.3 Å². The molecule has 0 fully saturated rings. The third-order valence-electron chi connectivity index (χ3n) is 3.50. The first kappa shape index (κ1) is 14.2. The van der Waals surface area contributed by atoms with Crippen LogP contribution in [0, 0.1) is 19.7 Å². The number of aromatic nitrogens is 1. The van der Waals surface area contributed by atoms with Crippen LogP contribution in [0.3, 0.4) is 0 Å². The van der Waals surface area contributed by atoms with E-state index in [0.29, 0.717) is 6.42 Å². The predicted molar refractivity (Wildman–Crippen MR) is 78.1 cm³/mol. The number of hydrogen-bond donors (Lipinski definition) is 1. The number of likely N-dealkylation sites (N-methyl/N-ethyl adjacent to an activating group) is 1. The van der Waals surface area contributed by atoms with Gasteiger partial charge in [-0.2, -0.15) is 0 Å². The van der Waals surface area contributed by atoms with Gasteiger partial charge in [-0.15, -0.1) is 11.3 Å². The maximum atomic E-state index is 13.3. The first-order chi connectivity index (χ1) is 8.94. The van der Waals surface area contributed by atoms with E-state index in [-0.39, 0.29) is 11.4 Å². The molecule has 0 saturated carbocycles. The summed E-state index contributed by atoms with van der Waals surface area (Å²) in [6, 6.07) is 6.76. The summed E-state index contributed by atoms with van der Waals surface area (Å²) in [5.41, 5.74) is 1.78. The highest BCUT2D eigenvalue weighted by molar-refractivity contribution is 7.11. The summed E-state index contributed by atoms with van der Waals surface area (Å²) < 4.78 is 13.3. The molecule has 1 aromatic heterocycles. The zero-order chi connectivity index (χ0) is 14.0. The van der Waals surface area contributed by atoms with Crippen LogP contribution in [-0.2, 0) is 12.0 Å². The zero-order valence-corrected chi connectivity index (χ0v) is 12.6. The van der Waals surface area contributed by atoms with Crippen molar-refractivity contribution in [3.05, 3.63) is 51.2 Å². The molecule has 0 radical (unpaired) electrons. The van der Waals surface area contributed by atoms with Crippen molar-refractivity contribution in [3.63, 3.8) is 0 Å². The Kier molecular flexibility index (Phi) is 4.02. The Morgan fingerprint density at radius 2 is 2.11 bits per heavy atom. The molecule has 0 amide bonds. The summed E-state index contributed by atoms with van der Waals surface area (Å²) >= 11 is 1.70. The Balaban J connectivity index is 2.32. The smallest absolute Gasteiger partial charge is 0.123 e. The molecule has 0 aliphatic carbocycles. The van der Waals surface area contributed by atoms with Crippen LogP contribution in [0.25, 0.3) is 0 Å². The molecule has 2 aromatic rings.